The van der Waals surface area contributed by atoms with Gasteiger partial charge in [-0.25, -0.2) is 0 Å². The standard InChI is InChI=1S/C12H19NOS/c1-11(2)9-14-7-6-13-5-3-12-4-8-15-10-12/h4,8,10,13H,1,3,5-7,9H2,2H3. The van der Waals surface area contributed by atoms with Gasteiger partial charge in [-0.05, 0) is 42.3 Å². The second-order valence-corrected chi connectivity index (χ2v) is 4.42. The van der Waals surface area contributed by atoms with E-state index in [-0.39, 0.29) is 0 Å². The second-order valence-electron chi connectivity index (χ2n) is 3.64. The molecular weight excluding hydrogens is 206 g/mol. The molecule has 15 heavy (non-hydrogen) atoms. The van der Waals surface area contributed by atoms with Crippen LogP contribution in [0, 0.1) is 0 Å². The third-order valence-electron chi connectivity index (χ3n) is 1.94. The van der Waals surface area contributed by atoms with Crippen LogP contribution in [-0.4, -0.2) is 26.3 Å². The molecule has 0 fully saturated rings. The molecule has 0 bridgehead atoms. The van der Waals surface area contributed by atoms with Crippen LogP contribution in [0.2, 0.25) is 0 Å². The summed E-state index contributed by atoms with van der Waals surface area (Å²) in [5.74, 6) is 0. The van der Waals surface area contributed by atoms with Gasteiger partial charge in [0, 0.05) is 6.54 Å². The van der Waals surface area contributed by atoms with E-state index in [1.165, 1.54) is 5.56 Å². The fourth-order valence-corrected chi connectivity index (χ4v) is 1.89. The Balaban J connectivity index is 1.87. The highest BCUT2D eigenvalue weighted by molar-refractivity contribution is 7.07. The summed E-state index contributed by atoms with van der Waals surface area (Å²) in [5.41, 5.74) is 2.49. The highest BCUT2D eigenvalue weighted by atomic mass is 32.1. The van der Waals surface area contributed by atoms with Crippen LogP contribution in [0.25, 0.3) is 0 Å². The van der Waals surface area contributed by atoms with Crippen LogP contribution in [-0.2, 0) is 11.2 Å². The number of thiophene rings is 1. The van der Waals surface area contributed by atoms with Crippen LogP contribution in [0.3, 0.4) is 0 Å². The summed E-state index contributed by atoms with van der Waals surface area (Å²) in [7, 11) is 0. The molecule has 1 N–H and O–H groups in total. The zero-order valence-electron chi connectivity index (χ0n) is 9.29. The predicted octanol–water partition coefficient (Wildman–Crippen LogP) is 2.47. The van der Waals surface area contributed by atoms with E-state index in [1.54, 1.807) is 11.3 Å². The third kappa shape index (κ3) is 6.44. The Morgan fingerprint density at radius 3 is 3.07 bits per heavy atom. The van der Waals surface area contributed by atoms with Crippen LogP contribution >= 0.6 is 11.3 Å². The zero-order valence-corrected chi connectivity index (χ0v) is 10.1. The number of ether oxygens (including phenoxy) is 1. The summed E-state index contributed by atoms with van der Waals surface area (Å²) in [4.78, 5) is 0. The summed E-state index contributed by atoms with van der Waals surface area (Å²) in [6.45, 7) is 9.12. The van der Waals surface area contributed by atoms with Crippen LogP contribution in [0.5, 0.6) is 0 Å². The molecule has 0 aliphatic heterocycles. The van der Waals surface area contributed by atoms with Crippen molar-refractivity contribution in [3.63, 3.8) is 0 Å². The van der Waals surface area contributed by atoms with E-state index in [0.29, 0.717) is 6.61 Å². The lowest BCUT2D eigenvalue weighted by molar-refractivity contribution is 0.158. The molecule has 0 saturated carbocycles. The van der Waals surface area contributed by atoms with Gasteiger partial charge in [-0.15, -0.1) is 0 Å². The molecule has 1 aromatic heterocycles. The predicted molar refractivity (Wildman–Crippen MR) is 66.5 cm³/mol. The Hall–Kier alpha value is -0.640. The minimum absolute atomic E-state index is 0.673. The van der Waals surface area contributed by atoms with E-state index in [2.05, 4.69) is 28.7 Å². The molecule has 1 heterocycles. The molecule has 2 nitrogen and oxygen atoms in total. The molecule has 0 saturated heterocycles. The topological polar surface area (TPSA) is 21.3 Å². The fraction of sp³-hybridized carbons (Fsp3) is 0.500. The first-order valence-corrected chi connectivity index (χ1v) is 6.17. The molecule has 0 aromatic carbocycles. The van der Waals surface area contributed by atoms with Crippen LogP contribution in [0.15, 0.2) is 29.0 Å². The van der Waals surface area contributed by atoms with Gasteiger partial charge in [0.1, 0.15) is 0 Å². The van der Waals surface area contributed by atoms with Gasteiger partial charge in [-0.1, -0.05) is 12.2 Å². The maximum Gasteiger partial charge on any atom is 0.0672 e. The summed E-state index contributed by atoms with van der Waals surface area (Å²) in [6.07, 6.45) is 1.10. The molecule has 1 rings (SSSR count). The smallest absolute Gasteiger partial charge is 0.0672 e. The van der Waals surface area contributed by atoms with Crippen LogP contribution in [0.1, 0.15) is 12.5 Å². The van der Waals surface area contributed by atoms with Crippen molar-refractivity contribution in [3.05, 3.63) is 34.5 Å². The van der Waals surface area contributed by atoms with E-state index in [0.717, 1.165) is 31.7 Å². The van der Waals surface area contributed by atoms with E-state index in [9.17, 15) is 0 Å². The SMILES string of the molecule is C=C(C)COCCNCCc1ccsc1. The summed E-state index contributed by atoms with van der Waals surface area (Å²) < 4.78 is 5.37. The first kappa shape index (κ1) is 12.4. The molecule has 1 aromatic rings. The average Bonchev–Trinajstić information content (AvgIpc) is 2.68. The van der Waals surface area contributed by atoms with E-state index in [4.69, 9.17) is 4.74 Å². The van der Waals surface area contributed by atoms with Gasteiger partial charge in [0.15, 0.2) is 0 Å². The number of hydrogen-bond donors (Lipinski definition) is 1. The van der Waals surface area contributed by atoms with E-state index in [1.807, 2.05) is 6.92 Å². The number of hydrogen-bond acceptors (Lipinski definition) is 3. The summed E-state index contributed by atoms with van der Waals surface area (Å²) in [6, 6.07) is 2.17. The van der Waals surface area contributed by atoms with Crippen molar-refractivity contribution >= 4 is 11.3 Å². The minimum atomic E-state index is 0.673. The molecular formula is C12H19NOS. The van der Waals surface area contributed by atoms with Crippen molar-refractivity contribution in [3.8, 4) is 0 Å². The Labute approximate surface area is 96.0 Å². The third-order valence-corrected chi connectivity index (χ3v) is 2.67. The van der Waals surface area contributed by atoms with Gasteiger partial charge in [-0.3, -0.25) is 0 Å². The molecule has 3 heteroatoms. The first-order chi connectivity index (χ1) is 7.29. The van der Waals surface area contributed by atoms with Gasteiger partial charge in [0.25, 0.3) is 0 Å². The first-order valence-electron chi connectivity index (χ1n) is 5.23. The molecule has 0 spiro atoms. The molecule has 84 valence electrons. The van der Waals surface area contributed by atoms with Crippen molar-refractivity contribution < 1.29 is 4.74 Å². The van der Waals surface area contributed by atoms with Crippen molar-refractivity contribution in [2.75, 3.05) is 26.3 Å². The summed E-state index contributed by atoms with van der Waals surface area (Å²) in [5, 5.41) is 7.66. The normalized spacial score (nSPS) is 10.5. The fourth-order valence-electron chi connectivity index (χ4n) is 1.18. The molecule has 0 radical (unpaired) electrons. The Bertz CT molecular complexity index is 269. The Kier molecular flexibility index (Phi) is 6.32. The average molecular weight is 225 g/mol. The molecule has 0 unspecified atom stereocenters. The van der Waals surface area contributed by atoms with Gasteiger partial charge in [-0.2, -0.15) is 11.3 Å². The molecule has 0 aliphatic rings. The van der Waals surface area contributed by atoms with Crippen molar-refractivity contribution in [1.82, 2.24) is 5.32 Å². The van der Waals surface area contributed by atoms with Crippen molar-refractivity contribution in [2.45, 2.75) is 13.3 Å². The van der Waals surface area contributed by atoms with Crippen LogP contribution in [0.4, 0.5) is 0 Å². The van der Waals surface area contributed by atoms with E-state index >= 15 is 0 Å². The quantitative estimate of drug-likeness (QED) is 0.542. The molecule has 0 aliphatic carbocycles. The summed E-state index contributed by atoms with van der Waals surface area (Å²) >= 11 is 1.75. The number of nitrogens with one attached hydrogen (secondary N) is 1. The maximum atomic E-state index is 5.37. The van der Waals surface area contributed by atoms with Crippen LogP contribution < -0.4 is 5.32 Å². The monoisotopic (exact) mass is 225 g/mol. The lowest BCUT2D eigenvalue weighted by Crippen LogP contribution is -2.22. The van der Waals surface area contributed by atoms with Crippen molar-refractivity contribution in [2.24, 2.45) is 0 Å². The Morgan fingerprint density at radius 2 is 2.40 bits per heavy atom. The largest absolute Gasteiger partial charge is 0.376 e. The highest BCUT2D eigenvalue weighted by Gasteiger charge is 1.93. The highest BCUT2D eigenvalue weighted by Crippen LogP contribution is 2.05. The number of rotatable bonds is 8. The van der Waals surface area contributed by atoms with Gasteiger partial charge in [0.05, 0.1) is 13.2 Å². The van der Waals surface area contributed by atoms with Gasteiger partial charge in [0.2, 0.25) is 0 Å². The molecule has 0 atom stereocenters. The molecule has 0 amide bonds. The lowest BCUT2D eigenvalue weighted by Gasteiger charge is -2.05. The maximum absolute atomic E-state index is 5.37. The van der Waals surface area contributed by atoms with Gasteiger partial charge < -0.3 is 10.1 Å². The van der Waals surface area contributed by atoms with Crippen molar-refractivity contribution in [1.29, 1.82) is 0 Å². The van der Waals surface area contributed by atoms with E-state index < -0.39 is 0 Å². The lowest BCUT2D eigenvalue weighted by atomic mass is 10.2. The minimum Gasteiger partial charge on any atom is -0.376 e. The van der Waals surface area contributed by atoms with Gasteiger partial charge >= 0.3 is 0 Å². The zero-order chi connectivity index (χ0) is 10.9. The Morgan fingerprint density at radius 1 is 1.53 bits per heavy atom. The second kappa shape index (κ2) is 7.63.